The smallest absolute Gasteiger partial charge is 0.493 e. The largest absolute Gasteiger partial charge is 0.519 e. The fourth-order valence-electron chi connectivity index (χ4n) is 9.04. The topological polar surface area (TPSA) is 108 Å². The molecule has 1 saturated carbocycles. The third kappa shape index (κ3) is 14.0. The first-order chi connectivity index (χ1) is 29.7. The molecule has 5 rings (SSSR count). The number of benzene rings is 4. The summed E-state index contributed by atoms with van der Waals surface area (Å²) >= 11 is 0. The van der Waals surface area contributed by atoms with Gasteiger partial charge >= 0.3 is 20.9 Å². The van der Waals surface area contributed by atoms with Crippen molar-refractivity contribution in [2.75, 3.05) is 21.3 Å². The van der Waals surface area contributed by atoms with Gasteiger partial charge in [-0.15, -0.1) is 0 Å². The van der Waals surface area contributed by atoms with Crippen LogP contribution in [0.2, 0.25) is 51.4 Å². The first kappa shape index (κ1) is 49.6. The van der Waals surface area contributed by atoms with Crippen LogP contribution in [0, 0.1) is 12.3 Å². The monoisotopic (exact) mass is 914 g/mol. The van der Waals surface area contributed by atoms with E-state index < -0.39 is 37.5 Å². The summed E-state index contributed by atoms with van der Waals surface area (Å²) in [6.07, 6.45) is 6.43. The van der Waals surface area contributed by atoms with E-state index in [1.54, 1.807) is 26.4 Å². The van der Waals surface area contributed by atoms with Gasteiger partial charge < -0.3 is 36.7 Å². The highest BCUT2D eigenvalue weighted by molar-refractivity contribution is 6.87. The molecule has 1 aliphatic carbocycles. The van der Waals surface area contributed by atoms with Gasteiger partial charge in [-0.3, -0.25) is 0 Å². The summed E-state index contributed by atoms with van der Waals surface area (Å²) in [5.41, 5.74) is 5.91. The Balaban J connectivity index is 1.10. The minimum atomic E-state index is -2.41. The molecule has 13 heteroatoms. The Morgan fingerprint density at radius 2 is 1.03 bits per heavy atom. The van der Waals surface area contributed by atoms with Gasteiger partial charge in [0, 0.05) is 5.41 Å². The Bertz CT molecular complexity index is 2160. The lowest BCUT2D eigenvalue weighted by molar-refractivity contribution is 0.120. The van der Waals surface area contributed by atoms with Crippen molar-refractivity contribution in [3.63, 3.8) is 0 Å². The van der Waals surface area contributed by atoms with E-state index in [9.17, 15) is 9.59 Å². The van der Waals surface area contributed by atoms with Crippen LogP contribution in [0.1, 0.15) is 80.2 Å². The van der Waals surface area contributed by atoms with E-state index in [-0.39, 0.29) is 5.41 Å². The van der Waals surface area contributed by atoms with Gasteiger partial charge in [0.25, 0.3) is 0 Å². The minimum Gasteiger partial charge on any atom is -0.493 e. The first-order valence-corrected chi connectivity index (χ1v) is 31.3. The van der Waals surface area contributed by atoms with E-state index >= 15 is 0 Å². The van der Waals surface area contributed by atoms with Crippen LogP contribution < -0.4 is 23.7 Å². The molecular formula is C50H70O10Si3. The van der Waals surface area contributed by atoms with Crippen LogP contribution >= 0.6 is 0 Å². The van der Waals surface area contributed by atoms with E-state index in [0.29, 0.717) is 34.2 Å². The third-order valence-corrected chi connectivity index (χ3v) is 23.7. The molecule has 4 aromatic rings. The normalized spacial score (nSPS) is 15.0. The number of rotatable bonds is 19. The van der Waals surface area contributed by atoms with Crippen molar-refractivity contribution in [1.82, 2.24) is 0 Å². The number of carbonyl (C=O) groups is 2. The van der Waals surface area contributed by atoms with E-state index in [0.717, 1.165) is 80.1 Å². The fraction of sp³-hybridized carbons (Fsp3) is 0.480. The van der Waals surface area contributed by atoms with Gasteiger partial charge in [0.15, 0.2) is 39.6 Å². The van der Waals surface area contributed by atoms with E-state index in [1.165, 1.54) is 18.2 Å². The van der Waals surface area contributed by atoms with Gasteiger partial charge in [0.2, 0.25) is 0 Å². The summed E-state index contributed by atoms with van der Waals surface area (Å²) in [4.78, 5) is 24.7. The zero-order chi connectivity index (χ0) is 46.1. The third-order valence-electron chi connectivity index (χ3n) is 12.2. The maximum absolute atomic E-state index is 13.2. The number of ether oxygens (including phenoxy) is 6. The Morgan fingerprint density at radius 3 is 1.51 bits per heavy atom. The number of methoxy groups -OCH3 is 3. The van der Waals surface area contributed by atoms with Crippen molar-refractivity contribution in [2.24, 2.45) is 5.41 Å². The molecule has 0 heterocycles. The lowest BCUT2D eigenvalue weighted by atomic mass is 9.59. The van der Waals surface area contributed by atoms with Gasteiger partial charge in [0.1, 0.15) is 5.75 Å². The predicted molar refractivity (Wildman–Crippen MR) is 257 cm³/mol. The number of aryl methyl sites for hydroxylation is 3. The highest BCUT2D eigenvalue weighted by atomic mass is 28.5. The number of carbonyl (C=O) groups excluding carboxylic acids is 2. The van der Waals surface area contributed by atoms with Gasteiger partial charge in [0.05, 0.1) is 21.3 Å². The van der Waals surface area contributed by atoms with E-state index in [4.69, 9.17) is 31.9 Å². The molecular weight excluding hydrogens is 845 g/mol. The molecule has 0 spiro atoms. The van der Waals surface area contributed by atoms with Crippen LogP contribution in [-0.2, 0) is 31.2 Å². The standard InChI is InChI=1S/C50H70O10Si3/c1-37-34-41(50(40-20-14-13-15-21-40)30-28-49(2,3)29-31-50)24-27-42(37)56-48(52)58-44-26-23-39(36-46(44)54-5)19-17-33-62(9,10)60-63(11,12)59-61(7,8)32-16-18-38-22-25-43(45(35-38)53-4)57-47(51)55-6/h13-15,20-27,34-36H,16-19,28-33H2,1-12H3. The molecule has 0 radical (unpaired) electrons. The second kappa shape index (κ2) is 21.1. The molecule has 0 saturated heterocycles. The molecule has 0 amide bonds. The highest BCUT2D eigenvalue weighted by Crippen LogP contribution is 2.51. The quantitative estimate of drug-likeness (QED) is 0.0512. The molecule has 4 aromatic carbocycles. The van der Waals surface area contributed by atoms with Crippen LogP contribution in [0.4, 0.5) is 9.59 Å². The van der Waals surface area contributed by atoms with Crippen molar-refractivity contribution in [3.05, 3.63) is 113 Å². The molecule has 342 valence electrons. The van der Waals surface area contributed by atoms with Crippen molar-refractivity contribution < 1.29 is 46.2 Å². The SMILES string of the molecule is COC(=O)Oc1ccc(CCC[Si](C)(C)O[Si](C)(C)O[Si](C)(C)CCCc2ccc(OC(=O)Oc3ccc(C4(c5ccccc5)CCC(C)(C)CC4)cc3C)c(OC)c2)cc1OC. The molecule has 0 aromatic heterocycles. The van der Waals surface area contributed by atoms with Crippen molar-refractivity contribution in [1.29, 1.82) is 0 Å². The molecule has 0 N–H and O–H groups in total. The summed E-state index contributed by atoms with van der Waals surface area (Å²) in [6.45, 7) is 20.1. The lowest BCUT2D eigenvalue weighted by Crippen LogP contribution is -2.52. The highest BCUT2D eigenvalue weighted by Gasteiger charge is 2.42. The first-order valence-electron chi connectivity index (χ1n) is 22.2. The van der Waals surface area contributed by atoms with Crippen molar-refractivity contribution in [3.8, 4) is 28.7 Å². The molecule has 0 aliphatic heterocycles. The zero-order valence-electron chi connectivity index (χ0n) is 39.7. The Labute approximate surface area is 379 Å². The maximum Gasteiger partial charge on any atom is 0.519 e. The molecule has 10 nitrogen and oxygen atoms in total. The van der Waals surface area contributed by atoms with Crippen LogP contribution in [0.25, 0.3) is 0 Å². The second-order valence-corrected chi connectivity index (χ2v) is 31.9. The number of hydrogen-bond donors (Lipinski definition) is 0. The van der Waals surface area contributed by atoms with Crippen molar-refractivity contribution in [2.45, 2.75) is 129 Å². The Morgan fingerprint density at radius 1 is 0.556 bits per heavy atom. The van der Waals surface area contributed by atoms with Gasteiger partial charge in [-0.25, -0.2) is 9.59 Å². The lowest BCUT2D eigenvalue weighted by Gasteiger charge is -2.44. The molecule has 0 atom stereocenters. The molecule has 63 heavy (non-hydrogen) atoms. The van der Waals surface area contributed by atoms with E-state index in [2.05, 4.69) is 100 Å². The van der Waals surface area contributed by atoms with Gasteiger partial charge in [-0.05, 0) is 173 Å². The fourth-order valence-corrected chi connectivity index (χ4v) is 23.1. The maximum atomic E-state index is 13.2. The van der Waals surface area contributed by atoms with E-state index in [1.807, 2.05) is 37.3 Å². The summed E-state index contributed by atoms with van der Waals surface area (Å²) in [5, 5.41) is 0. The molecule has 1 aliphatic rings. The molecule has 0 bridgehead atoms. The van der Waals surface area contributed by atoms with Crippen LogP contribution in [0.15, 0.2) is 84.9 Å². The summed E-state index contributed by atoms with van der Waals surface area (Å²) in [6, 6.07) is 30.2. The summed E-state index contributed by atoms with van der Waals surface area (Å²) in [7, 11) is -2.11. The zero-order valence-corrected chi connectivity index (χ0v) is 42.7. The van der Waals surface area contributed by atoms with Gasteiger partial charge in [-0.2, -0.15) is 0 Å². The average Bonchev–Trinajstić information content (AvgIpc) is 3.22. The van der Waals surface area contributed by atoms with Crippen LogP contribution in [0.5, 0.6) is 28.7 Å². The Kier molecular flexibility index (Phi) is 16.6. The molecule has 1 fully saturated rings. The van der Waals surface area contributed by atoms with Crippen LogP contribution in [0.3, 0.4) is 0 Å². The minimum absolute atomic E-state index is 0.0769. The van der Waals surface area contributed by atoms with Crippen LogP contribution in [-0.4, -0.2) is 58.8 Å². The second-order valence-electron chi connectivity index (χ2n) is 19.4. The summed E-state index contributed by atoms with van der Waals surface area (Å²) in [5.74, 6) is 2.09. The summed E-state index contributed by atoms with van der Waals surface area (Å²) < 4.78 is 46.2. The van der Waals surface area contributed by atoms with Gasteiger partial charge in [-0.1, -0.05) is 68.4 Å². The average molecular weight is 915 g/mol. The van der Waals surface area contributed by atoms with Crippen molar-refractivity contribution >= 4 is 37.5 Å². The number of hydrogen-bond acceptors (Lipinski definition) is 10. The predicted octanol–water partition coefficient (Wildman–Crippen LogP) is 13.3. The Hall–Kier alpha value is -4.41. The molecule has 0 unspecified atom stereocenters.